The van der Waals surface area contributed by atoms with E-state index in [1.807, 2.05) is 42.5 Å². The lowest BCUT2D eigenvalue weighted by Gasteiger charge is -2.16. The molecule has 0 radical (unpaired) electrons. The second-order valence-corrected chi connectivity index (χ2v) is 4.10. The molecule has 0 aliphatic rings. The lowest BCUT2D eigenvalue weighted by molar-refractivity contribution is -0.143. The monoisotopic (exact) mass is 256 g/mol. The van der Waals surface area contributed by atoms with E-state index in [2.05, 4.69) is 10.3 Å². The predicted octanol–water partition coefficient (Wildman–Crippen LogP) is 2.09. The minimum Gasteiger partial charge on any atom is -0.468 e. The van der Waals surface area contributed by atoms with Crippen molar-refractivity contribution >= 4 is 5.97 Å². The van der Waals surface area contributed by atoms with Gasteiger partial charge in [0.1, 0.15) is 6.04 Å². The van der Waals surface area contributed by atoms with Gasteiger partial charge in [0, 0.05) is 18.9 Å². The molecule has 0 bridgehead atoms. The summed E-state index contributed by atoms with van der Waals surface area (Å²) in [7, 11) is 1.40. The number of pyridine rings is 1. The van der Waals surface area contributed by atoms with Crippen LogP contribution in [0.3, 0.4) is 0 Å². The minimum absolute atomic E-state index is 0.291. The number of ether oxygens (including phenoxy) is 1. The number of carbonyl (C=O) groups is 1. The number of hydrogen-bond acceptors (Lipinski definition) is 4. The van der Waals surface area contributed by atoms with E-state index < -0.39 is 6.04 Å². The molecule has 0 fully saturated rings. The van der Waals surface area contributed by atoms with Gasteiger partial charge in [-0.3, -0.25) is 10.3 Å². The van der Waals surface area contributed by atoms with E-state index in [1.165, 1.54) is 7.11 Å². The quantitative estimate of drug-likeness (QED) is 0.832. The number of hydrogen-bond donors (Lipinski definition) is 1. The third-order valence-corrected chi connectivity index (χ3v) is 2.83. The maximum absolute atomic E-state index is 11.8. The number of benzene rings is 1. The van der Waals surface area contributed by atoms with Crippen LogP contribution in [-0.2, 0) is 16.1 Å². The fourth-order valence-electron chi connectivity index (χ4n) is 1.82. The van der Waals surface area contributed by atoms with Gasteiger partial charge in [0.2, 0.25) is 0 Å². The molecule has 4 nitrogen and oxygen atoms in total. The number of methoxy groups -OCH3 is 1. The third-order valence-electron chi connectivity index (χ3n) is 2.83. The molecule has 0 saturated carbocycles. The molecule has 1 atom stereocenters. The first-order valence-electron chi connectivity index (χ1n) is 6.06. The Labute approximate surface area is 112 Å². The molecule has 4 heteroatoms. The summed E-state index contributed by atoms with van der Waals surface area (Å²) in [6, 6.07) is 12.9. The molecule has 1 aromatic heterocycles. The standard InChI is InChI=1S/C15H16N2O2/c1-19-15(18)14(13-5-3-2-4-6-13)17-11-12-7-9-16-10-8-12/h2-10,14,17H,11H2,1H3. The van der Waals surface area contributed by atoms with Crippen molar-refractivity contribution in [1.82, 2.24) is 10.3 Å². The first-order chi connectivity index (χ1) is 9.31. The number of rotatable bonds is 5. The molecule has 0 aliphatic heterocycles. The highest BCUT2D eigenvalue weighted by atomic mass is 16.5. The van der Waals surface area contributed by atoms with Crippen LogP contribution in [0.1, 0.15) is 17.2 Å². The molecule has 1 heterocycles. The molecule has 98 valence electrons. The molecule has 0 saturated heterocycles. The van der Waals surface area contributed by atoms with E-state index in [4.69, 9.17) is 4.74 Å². The number of carbonyl (C=O) groups excluding carboxylic acids is 1. The van der Waals surface area contributed by atoms with Crippen LogP contribution in [0.4, 0.5) is 0 Å². The number of nitrogens with zero attached hydrogens (tertiary/aromatic N) is 1. The molecular weight excluding hydrogens is 240 g/mol. The molecule has 0 aliphatic carbocycles. The van der Waals surface area contributed by atoms with Crippen molar-refractivity contribution in [1.29, 1.82) is 0 Å². The van der Waals surface area contributed by atoms with Crippen molar-refractivity contribution in [3.8, 4) is 0 Å². The summed E-state index contributed by atoms with van der Waals surface area (Å²) in [6.45, 7) is 0.581. The first-order valence-corrected chi connectivity index (χ1v) is 6.06. The molecule has 0 amide bonds. The lowest BCUT2D eigenvalue weighted by atomic mass is 10.1. The molecule has 1 aromatic carbocycles. The summed E-state index contributed by atoms with van der Waals surface area (Å²) in [4.78, 5) is 15.8. The van der Waals surface area contributed by atoms with Crippen molar-refractivity contribution in [2.45, 2.75) is 12.6 Å². The Morgan fingerprint density at radius 2 is 1.89 bits per heavy atom. The van der Waals surface area contributed by atoms with Crippen LogP contribution in [0, 0.1) is 0 Å². The van der Waals surface area contributed by atoms with E-state index >= 15 is 0 Å². The zero-order valence-corrected chi connectivity index (χ0v) is 10.7. The zero-order valence-electron chi connectivity index (χ0n) is 10.7. The van der Waals surface area contributed by atoms with Crippen LogP contribution in [0.5, 0.6) is 0 Å². The Morgan fingerprint density at radius 3 is 2.53 bits per heavy atom. The van der Waals surface area contributed by atoms with Crippen molar-refractivity contribution < 1.29 is 9.53 Å². The van der Waals surface area contributed by atoms with Crippen LogP contribution >= 0.6 is 0 Å². The summed E-state index contributed by atoms with van der Waals surface area (Å²) in [6.07, 6.45) is 3.46. The number of esters is 1. The fraction of sp³-hybridized carbons (Fsp3) is 0.200. The Kier molecular flexibility index (Phi) is 4.64. The van der Waals surface area contributed by atoms with E-state index in [9.17, 15) is 4.79 Å². The number of aromatic nitrogens is 1. The topological polar surface area (TPSA) is 51.2 Å². The van der Waals surface area contributed by atoms with Crippen LogP contribution in [-0.4, -0.2) is 18.1 Å². The van der Waals surface area contributed by atoms with Gasteiger partial charge in [0.05, 0.1) is 7.11 Å². The van der Waals surface area contributed by atoms with Gasteiger partial charge in [0.15, 0.2) is 0 Å². The van der Waals surface area contributed by atoms with Gasteiger partial charge in [-0.2, -0.15) is 0 Å². The molecule has 2 aromatic rings. The molecule has 1 N–H and O–H groups in total. The Hall–Kier alpha value is -2.20. The maximum Gasteiger partial charge on any atom is 0.327 e. The Balaban J connectivity index is 2.09. The van der Waals surface area contributed by atoms with Crippen molar-refractivity contribution in [2.75, 3.05) is 7.11 Å². The molecular formula is C15H16N2O2. The van der Waals surface area contributed by atoms with Gasteiger partial charge in [-0.15, -0.1) is 0 Å². The molecule has 0 spiro atoms. The van der Waals surface area contributed by atoms with Gasteiger partial charge in [-0.05, 0) is 23.3 Å². The third kappa shape index (κ3) is 3.63. The van der Waals surface area contributed by atoms with E-state index in [0.717, 1.165) is 11.1 Å². The van der Waals surface area contributed by atoms with E-state index in [-0.39, 0.29) is 5.97 Å². The van der Waals surface area contributed by atoms with E-state index in [1.54, 1.807) is 12.4 Å². The maximum atomic E-state index is 11.8. The second-order valence-electron chi connectivity index (χ2n) is 4.10. The average molecular weight is 256 g/mol. The minimum atomic E-state index is -0.459. The van der Waals surface area contributed by atoms with Crippen molar-refractivity contribution in [3.05, 3.63) is 66.0 Å². The summed E-state index contributed by atoms with van der Waals surface area (Å²) in [5.41, 5.74) is 1.96. The highest BCUT2D eigenvalue weighted by molar-refractivity contribution is 5.77. The molecule has 2 rings (SSSR count). The van der Waals surface area contributed by atoms with Gasteiger partial charge < -0.3 is 4.74 Å². The predicted molar refractivity (Wildman–Crippen MR) is 72.3 cm³/mol. The van der Waals surface area contributed by atoms with Gasteiger partial charge >= 0.3 is 5.97 Å². The second kappa shape index (κ2) is 6.66. The summed E-state index contributed by atoms with van der Waals surface area (Å²) in [5.74, 6) is -0.291. The van der Waals surface area contributed by atoms with Gasteiger partial charge in [-0.25, -0.2) is 4.79 Å². The average Bonchev–Trinajstić information content (AvgIpc) is 2.49. The van der Waals surface area contributed by atoms with Gasteiger partial charge in [-0.1, -0.05) is 30.3 Å². The highest BCUT2D eigenvalue weighted by Gasteiger charge is 2.20. The first kappa shape index (κ1) is 13.2. The summed E-state index contributed by atoms with van der Waals surface area (Å²) < 4.78 is 4.84. The van der Waals surface area contributed by atoms with Crippen LogP contribution < -0.4 is 5.32 Å². The van der Waals surface area contributed by atoms with Crippen LogP contribution in [0.2, 0.25) is 0 Å². The van der Waals surface area contributed by atoms with Crippen molar-refractivity contribution in [2.24, 2.45) is 0 Å². The SMILES string of the molecule is COC(=O)C(NCc1ccncc1)c1ccccc1. The molecule has 1 unspecified atom stereocenters. The number of nitrogens with one attached hydrogen (secondary N) is 1. The van der Waals surface area contributed by atoms with Crippen LogP contribution in [0.15, 0.2) is 54.9 Å². The normalized spacial score (nSPS) is 11.8. The molecule has 19 heavy (non-hydrogen) atoms. The van der Waals surface area contributed by atoms with Gasteiger partial charge in [0.25, 0.3) is 0 Å². The van der Waals surface area contributed by atoms with E-state index in [0.29, 0.717) is 6.54 Å². The summed E-state index contributed by atoms with van der Waals surface area (Å²) >= 11 is 0. The van der Waals surface area contributed by atoms with Crippen LogP contribution in [0.25, 0.3) is 0 Å². The lowest BCUT2D eigenvalue weighted by Crippen LogP contribution is -2.29. The highest BCUT2D eigenvalue weighted by Crippen LogP contribution is 2.14. The summed E-state index contributed by atoms with van der Waals surface area (Å²) in [5, 5.41) is 3.20. The Morgan fingerprint density at radius 1 is 1.21 bits per heavy atom. The fourth-order valence-corrected chi connectivity index (χ4v) is 1.82. The smallest absolute Gasteiger partial charge is 0.327 e. The zero-order chi connectivity index (χ0) is 13.5. The largest absolute Gasteiger partial charge is 0.468 e. The Bertz CT molecular complexity index is 514. The van der Waals surface area contributed by atoms with Crippen molar-refractivity contribution in [3.63, 3.8) is 0 Å².